The van der Waals surface area contributed by atoms with E-state index in [0.717, 1.165) is 5.56 Å². The van der Waals surface area contributed by atoms with Crippen LogP contribution in [0.3, 0.4) is 0 Å². The minimum Gasteiger partial charge on any atom is -0.366 e. The van der Waals surface area contributed by atoms with Gasteiger partial charge in [0.1, 0.15) is 0 Å². The third-order valence-corrected chi connectivity index (χ3v) is 2.67. The van der Waals surface area contributed by atoms with Crippen LogP contribution in [-0.2, 0) is 4.79 Å². The Bertz CT molecular complexity index is 494. The van der Waals surface area contributed by atoms with Crippen LogP contribution in [0.25, 0.3) is 0 Å². The van der Waals surface area contributed by atoms with E-state index in [2.05, 4.69) is 10.6 Å². The van der Waals surface area contributed by atoms with E-state index < -0.39 is 11.9 Å². The molecule has 0 bridgehead atoms. The van der Waals surface area contributed by atoms with E-state index in [-0.39, 0.29) is 6.03 Å². The molecule has 1 aliphatic rings. The van der Waals surface area contributed by atoms with E-state index in [1.165, 1.54) is 0 Å². The molecule has 3 amide bonds. The number of nitrogens with one attached hydrogen (secondary N) is 2. The molecule has 1 aromatic rings. The van der Waals surface area contributed by atoms with Gasteiger partial charge in [0.25, 0.3) is 0 Å². The normalized spacial score (nSPS) is 19.6. The van der Waals surface area contributed by atoms with E-state index in [9.17, 15) is 9.59 Å². The number of hydrogen-bond donors (Lipinski definition) is 3. The first-order valence-corrected chi connectivity index (χ1v) is 5.22. The summed E-state index contributed by atoms with van der Waals surface area (Å²) in [5.41, 5.74) is 7.05. The third kappa shape index (κ3) is 2.13. The van der Waals surface area contributed by atoms with Crippen molar-refractivity contribution in [2.45, 2.75) is 13.0 Å². The minimum absolute atomic E-state index is 0.332. The van der Waals surface area contributed by atoms with Crippen molar-refractivity contribution in [2.75, 3.05) is 0 Å². The topological polar surface area (TPSA) is 84.2 Å². The van der Waals surface area contributed by atoms with Gasteiger partial charge in [0.2, 0.25) is 5.91 Å². The predicted octanol–water partition coefficient (Wildman–Crippen LogP) is 0.800. The van der Waals surface area contributed by atoms with E-state index in [0.29, 0.717) is 11.3 Å². The van der Waals surface area contributed by atoms with Gasteiger partial charge in [-0.2, -0.15) is 0 Å². The minimum atomic E-state index is -0.538. The maximum atomic E-state index is 11.4. The number of primary amides is 1. The summed E-state index contributed by atoms with van der Waals surface area (Å²) in [5, 5.41) is 5.22. The second-order valence-electron chi connectivity index (χ2n) is 3.85. The maximum absolute atomic E-state index is 11.4. The highest BCUT2D eigenvalue weighted by molar-refractivity contribution is 5.97. The molecule has 88 valence electrons. The van der Waals surface area contributed by atoms with Crippen molar-refractivity contribution < 1.29 is 9.59 Å². The van der Waals surface area contributed by atoms with Crippen molar-refractivity contribution in [2.24, 2.45) is 5.73 Å². The zero-order valence-electron chi connectivity index (χ0n) is 9.36. The van der Waals surface area contributed by atoms with Gasteiger partial charge < -0.3 is 16.4 Å². The highest BCUT2D eigenvalue weighted by atomic mass is 16.2. The molecule has 5 heteroatoms. The largest absolute Gasteiger partial charge is 0.366 e. The summed E-state index contributed by atoms with van der Waals surface area (Å²) in [6, 6.07) is 8.42. The lowest BCUT2D eigenvalue weighted by molar-refractivity contribution is -0.115. The number of urea groups is 1. The maximum Gasteiger partial charge on any atom is 0.319 e. The van der Waals surface area contributed by atoms with Crippen molar-refractivity contribution in [3.05, 3.63) is 47.2 Å². The first kappa shape index (κ1) is 11.2. The number of rotatable bonds is 2. The number of hydrogen-bond acceptors (Lipinski definition) is 2. The van der Waals surface area contributed by atoms with Crippen LogP contribution in [0, 0.1) is 0 Å². The highest BCUT2D eigenvalue weighted by Gasteiger charge is 2.29. The van der Waals surface area contributed by atoms with E-state index in [4.69, 9.17) is 5.73 Å². The lowest BCUT2D eigenvalue weighted by Gasteiger charge is -2.27. The summed E-state index contributed by atoms with van der Waals surface area (Å²) >= 11 is 0. The second kappa shape index (κ2) is 4.29. The van der Waals surface area contributed by atoms with E-state index in [1.807, 2.05) is 30.3 Å². The van der Waals surface area contributed by atoms with Crippen LogP contribution in [0.15, 0.2) is 41.6 Å². The van der Waals surface area contributed by atoms with Gasteiger partial charge in [0, 0.05) is 5.70 Å². The molecule has 17 heavy (non-hydrogen) atoms. The molecule has 0 saturated carbocycles. The number of nitrogens with two attached hydrogens (primary N) is 1. The van der Waals surface area contributed by atoms with Crippen LogP contribution in [-0.4, -0.2) is 11.9 Å². The van der Waals surface area contributed by atoms with Gasteiger partial charge >= 0.3 is 6.03 Å². The van der Waals surface area contributed by atoms with Crippen LogP contribution < -0.4 is 16.4 Å². The molecule has 0 spiro atoms. The molecule has 1 heterocycles. The van der Waals surface area contributed by atoms with Gasteiger partial charge in [-0.1, -0.05) is 30.3 Å². The van der Waals surface area contributed by atoms with E-state index >= 15 is 0 Å². The molecule has 4 N–H and O–H groups in total. The monoisotopic (exact) mass is 231 g/mol. The number of carbonyl (C=O) groups excluding carboxylic acids is 2. The van der Waals surface area contributed by atoms with Gasteiger partial charge in [0.15, 0.2) is 0 Å². The van der Waals surface area contributed by atoms with Crippen LogP contribution in [0.5, 0.6) is 0 Å². The molecule has 0 aromatic heterocycles. The van der Waals surface area contributed by atoms with Gasteiger partial charge in [-0.25, -0.2) is 4.79 Å². The zero-order valence-corrected chi connectivity index (χ0v) is 9.36. The fraction of sp³-hybridized carbons (Fsp3) is 0.167. The van der Waals surface area contributed by atoms with Crippen LogP contribution in [0.1, 0.15) is 18.5 Å². The molecule has 0 saturated heterocycles. The van der Waals surface area contributed by atoms with Gasteiger partial charge in [0.05, 0.1) is 11.6 Å². The van der Waals surface area contributed by atoms with Crippen molar-refractivity contribution >= 4 is 11.9 Å². The summed E-state index contributed by atoms with van der Waals surface area (Å²) in [4.78, 5) is 22.8. The molecule has 0 unspecified atom stereocenters. The molecule has 1 aliphatic heterocycles. The Morgan fingerprint density at radius 1 is 1.29 bits per heavy atom. The Balaban J connectivity index is 2.47. The average Bonchev–Trinajstić information content (AvgIpc) is 2.28. The molecule has 5 nitrogen and oxygen atoms in total. The van der Waals surface area contributed by atoms with Gasteiger partial charge in [-0.05, 0) is 12.5 Å². The van der Waals surface area contributed by atoms with Crippen molar-refractivity contribution in [1.82, 2.24) is 10.6 Å². The molecular formula is C12H13N3O2. The van der Waals surface area contributed by atoms with Gasteiger partial charge in [-0.15, -0.1) is 0 Å². The first-order valence-electron chi connectivity index (χ1n) is 5.22. The molecule has 0 fully saturated rings. The molecule has 0 radical (unpaired) electrons. The fourth-order valence-electron chi connectivity index (χ4n) is 1.92. The molecular weight excluding hydrogens is 218 g/mol. The first-order chi connectivity index (χ1) is 8.09. The summed E-state index contributed by atoms with van der Waals surface area (Å²) in [7, 11) is 0. The molecule has 1 aromatic carbocycles. The average molecular weight is 231 g/mol. The second-order valence-corrected chi connectivity index (χ2v) is 3.85. The predicted molar refractivity (Wildman–Crippen MR) is 62.7 cm³/mol. The Morgan fingerprint density at radius 3 is 2.53 bits per heavy atom. The standard InChI is InChI=1S/C12H13N3O2/c1-7-9(11(13)16)10(15-12(17)14-7)8-5-3-2-4-6-8/h2-6,10H,1H3,(H2,13,16)(H2,14,15,17)/t10-/m1/s1. The molecule has 1 atom stereocenters. The lowest BCUT2D eigenvalue weighted by atomic mass is 9.95. The van der Waals surface area contributed by atoms with Gasteiger partial charge in [-0.3, -0.25) is 4.79 Å². The number of amides is 3. The quantitative estimate of drug-likeness (QED) is 0.703. The van der Waals surface area contributed by atoms with Crippen molar-refractivity contribution in [1.29, 1.82) is 0 Å². The lowest BCUT2D eigenvalue weighted by Crippen LogP contribution is -2.46. The summed E-state index contributed by atoms with van der Waals surface area (Å²) in [5.74, 6) is -0.538. The summed E-state index contributed by atoms with van der Waals surface area (Å²) in [6.45, 7) is 1.66. The Hall–Kier alpha value is -2.30. The van der Waals surface area contributed by atoms with E-state index in [1.54, 1.807) is 6.92 Å². The Labute approximate surface area is 98.7 Å². The highest BCUT2D eigenvalue weighted by Crippen LogP contribution is 2.25. The molecule has 0 aliphatic carbocycles. The molecule has 2 rings (SSSR count). The fourth-order valence-corrected chi connectivity index (χ4v) is 1.92. The summed E-state index contributed by atoms with van der Waals surface area (Å²) < 4.78 is 0. The van der Waals surface area contributed by atoms with Crippen LogP contribution in [0.4, 0.5) is 4.79 Å². The smallest absolute Gasteiger partial charge is 0.319 e. The third-order valence-electron chi connectivity index (χ3n) is 2.67. The number of carbonyl (C=O) groups is 2. The SMILES string of the molecule is CC1=C(C(N)=O)[C@@H](c2ccccc2)NC(=O)N1. The zero-order chi connectivity index (χ0) is 12.4. The van der Waals surface area contributed by atoms with Crippen LogP contribution >= 0.6 is 0 Å². The Kier molecular flexibility index (Phi) is 2.82. The van der Waals surface area contributed by atoms with Crippen molar-refractivity contribution in [3.8, 4) is 0 Å². The summed E-state index contributed by atoms with van der Waals surface area (Å²) in [6.07, 6.45) is 0. The number of allylic oxidation sites excluding steroid dienone is 1. The van der Waals surface area contributed by atoms with Crippen LogP contribution in [0.2, 0.25) is 0 Å². The Morgan fingerprint density at radius 2 is 1.94 bits per heavy atom. The van der Waals surface area contributed by atoms with Crippen molar-refractivity contribution in [3.63, 3.8) is 0 Å². The number of benzene rings is 1.